The average Bonchev–Trinajstić information content (AvgIpc) is 3.41. The van der Waals surface area contributed by atoms with Gasteiger partial charge in [0.05, 0.1) is 26.0 Å². The highest BCUT2D eigenvalue weighted by Gasteiger charge is 2.34. The summed E-state index contributed by atoms with van der Waals surface area (Å²) in [5, 5.41) is 4.05. The monoisotopic (exact) mass is 406 g/mol. The van der Waals surface area contributed by atoms with E-state index in [0.29, 0.717) is 12.0 Å². The van der Waals surface area contributed by atoms with Gasteiger partial charge in [0.25, 0.3) is 0 Å². The van der Waals surface area contributed by atoms with Gasteiger partial charge in [-0.15, -0.1) is 0 Å². The molecular weight excluding hydrogens is 376 g/mol. The number of rotatable bonds is 9. The first-order valence-electron chi connectivity index (χ1n) is 10.6. The Kier molecular flexibility index (Phi) is 6.82. The normalized spacial score (nSPS) is 18.8. The lowest BCUT2D eigenvalue weighted by molar-refractivity contribution is 0.135. The van der Waals surface area contributed by atoms with E-state index in [1.54, 1.807) is 7.11 Å². The first kappa shape index (κ1) is 20.6. The molecule has 1 aromatic heterocycles. The third-order valence-electron chi connectivity index (χ3n) is 5.85. The minimum Gasteiger partial charge on any atom is -0.497 e. The van der Waals surface area contributed by atoms with Crippen molar-refractivity contribution in [3.63, 3.8) is 0 Å². The van der Waals surface area contributed by atoms with Crippen molar-refractivity contribution in [3.05, 3.63) is 83.2 Å². The molecule has 0 spiro atoms. The summed E-state index contributed by atoms with van der Waals surface area (Å²) in [7, 11) is 1.70. The number of aromatic nitrogens is 1. The Morgan fingerprint density at radius 3 is 2.53 bits per heavy atom. The van der Waals surface area contributed by atoms with Gasteiger partial charge in [-0.05, 0) is 36.6 Å². The van der Waals surface area contributed by atoms with E-state index < -0.39 is 0 Å². The molecule has 0 bridgehead atoms. The van der Waals surface area contributed by atoms with Crippen LogP contribution in [0.1, 0.15) is 22.6 Å². The summed E-state index contributed by atoms with van der Waals surface area (Å²) in [5.74, 6) is 2.23. The van der Waals surface area contributed by atoms with E-state index >= 15 is 0 Å². The summed E-state index contributed by atoms with van der Waals surface area (Å²) in [6.07, 6.45) is 1.87. The summed E-state index contributed by atoms with van der Waals surface area (Å²) in [6, 6.07) is 21.4. The van der Waals surface area contributed by atoms with E-state index in [-0.39, 0.29) is 0 Å². The van der Waals surface area contributed by atoms with Gasteiger partial charge in [-0.1, -0.05) is 47.6 Å². The number of benzene rings is 2. The van der Waals surface area contributed by atoms with Crippen molar-refractivity contribution in [2.45, 2.75) is 32.4 Å². The van der Waals surface area contributed by atoms with Crippen molar-refractivity contribution in [1.82, 2.24) is 10.1 Å². The molecule has 1 aliphatic heterocycles. The number of methoxy groups -OCH3 is 1. The highest BCUT2D eigenvalue weighted by molar-refractivity contribution is 5.27. The Bertz CT molecular complexity index is 908. The molecule has 2 atom stereocenters. The van der Waals surface area contributed by atoms with E-state index in [4.69, 9.17) is 14.0 Å². The van der Waals surface area contributed by atoms with Crippen LogP contribution in [0.2, 0.25) is 0 Å². The Labute approximate surface area is 178 Å². The maximum atomic E-state index is 5.93. The zero-order chi connectivity index (χ0) is 20.8. The number of hydrogen-bond donors (Lipinski definition) is 0. The lowest BCUT2D eigenvalue weighted by atomic mass is 9.95. The zero-order valence-corrected chi connectivity index (χ0v) is 17.8. The summed E-state index contributed by atoms with van der Waals surface area (Å²) in [5.41, 5.74) is 3.57. The van der Waals surface area contributed by atoms with Crippen LogP contribution in [0.3, 0.4) is 0 Å². The molecule has 1 aliphatic rings. The first-order valence-corrected chi connectivity index (χ1v) is 10.6. The van der Waals surface area contributed by atoms with Gasteiger partial charge in [0, 0.05) is 37.5 Å². The van der Waals surface area contributed by atoms with Crippen molar-refractivity contribution in [2.24, 2.45) is 5.92 Å². The molecule has 0 unspecified atom stereocenters. The molecule has 3 aromatic rings. The van der Waals surface area contributed by atoms with Gasteiger partial charge in [-0.25, -0.2) is 0 Å². The molecular formula is C25H30N2O3. The highest BCUT2D eigenvalue weighted by Crippen LogP contribution is 2.26. The van der Waals surface area contributed by atoms with Crippen molar-refractivity contribution in [2.75, 3.05) is 26.9 Å². The molecule has 0 N–H and O–H groups in total. The Morgan fingerprint density at radius 2 is 1.83 bits per heavy atom. The predicted molar refractivity (Wildman–Crippen MR) is 117 cm³/mol. The van der Waals surface area contributed by atoms with Gasteiger partial charge in [0.1, 0.15) is 11.5 Å². The van der Waals surface area contributed by atoms with Crippen LogP contribution in [-0.4, -0.2) is 43.0 Å². The van der Waals surface area contributed by atoms with Crippen LogP contribution >= 0.6 is 0 Å². The Balaban J connectivity index is 1.49. The molecule has 1 fully saturated rings. The first-order chi connectivity index (χ1) is 14.7. The van der Waals surface area contributed by atoms with Crippen molar-refractivity contribution in [3.8, 4) is 5.75 Å². The molecule has 5 heteroatoms. The fourth-order valence-electron chi connectivity index (χ4n) is 4.20. The van der Waals surface area contributed by atoms with E-state index in [2.05, 4.69) is 52.5 Å². The van der Waals surface area contributed by atoms with E-state index in [1.165, 1.54) is 11.1 Å². The van der Waals surface area contributed by atoms with Gasteiger partial charge >= 0.3 is 0 Å². The predicted octanol–water partition coefficient (Wildman–Crippen LogP) is 4.29. The standard InChI is InChI=1S/C25H30N2O3/c1-19-14-24(30-26-19)15-22-17-29-18-25(22)27(13-12-20-6-4-3-5-7-20)16-21-8-10-23(28-2)11-9-21/h3-11,14,22,25H,12-13,15-18H2,1-2H3/t22-,25-/m1/s1. The number of aryl methyl sites for hydroxylation is 1. The summed E-state index contributed by atoms with van der Waals surface area (Å²) >= 11 is 0. The van der Waals surface area contributed by atoms with Gasteiger partial charge in [0.2, 0.25) is 0 Å². The molecule has 2 heterocycles. The summed E-state index contributed by atoms with van der Waals surface area (Å²) < 4.78 is 16.7. The molecule has 2 aromatic carbocycles. The third kappa shape index (κ3) is 5.29. The van der Waals surface area contributed by atoms with Crippen LogP contribution in [0.15, 0.2) is 65.2 Å². The second kappa shape index (κ2) is 9.92. The molecule has 5 nitrogen and oxygen atoms in total. The molecule has 0 radical (unpaired) electrons. The third-order valence-corrected chi connectivity index (χ3v) is 5.85. The van der Waals surface area contributed by atoms with E-state index in [0.717, 1.165) is 56.3 Å². The van der Waals surface area contributed by atoms with E-state index in [1.807, 2.05) is 25.1 Å². The van der Waals surface area contributed by atoms with Gasteiger partial charge in [-0.2, -0.15) is 0 Å². The summed E-state index contributed by atoms with van der Waals surface area (Å²) in [6.45, 7) is 5.34. The van der Waals surface area contributed by atoms with Crippen molar-refractivity contribution < 1.29 is 14.0 Å². The van der Waals surface area contributed by atoms with Gasteiger partial charge < -0.3 is 14.0 Å². The quantitative estimate of drug-likeness (QED) is 0.530. The molecule has 1 saturated heterocycles. The van der Waals surface area contributed by atoms with Crippen LogP contribution < -0.4 is 4.74 Å². The van der Waals surface area contributed by atoms with Gasteiger partial charge in [-0.3, -0.25) is 4.90 Å². The number of hydrogen-bond acceptors (Lipinski definition) is 5. The van der Waals surface area contributed by atoms with Gasteiger partial charge in [0.15, 0.2) is 0 Å². The average molecular weight is 407 g/mol. The highest BCUT2D eigenvalue weighted by atomic mass is 16.5. The minimum atomic E-state index is 0.348. The molecule has 30 heavy (non-hydrogen) atoms. The fourth-order valence-corrected chi connectivity index (χ4v) is 4.20. The summed E-state index contributed by atoms with van der Waals surface area (Å²) in [4.78, 5) is 2.57. The molecule has 4 rings (SSSR count). The second-order valence-electron chi connectivity index (χ2n) is 8.06. The molecule has 0 saturated carbocycles. The maximum absolute atomic E-state index is 5.93. The smallest absolute Gasteiger partial charge is 0.137 e. The zero-order valence-electron chi connectivity index (χ0n) is 17.8. The minimum absolute atomic E-state index is 0.348. The van der Waals surface area contributed by atoms with Crippen molar-refractivity contribution >= 4 is 0 Å². The topological polar surface area (TPSA) is 47.7 Å². The molecule has 0 amide bonds. The van der Waals surface area contributed by atoms with E-state index in [9.17, 15) is 0 Å². The Hall–Kier alpha value is -2.63. The SMILES string of the molecule is COc1ccc(CN(CCc2ccccc2)[C@@H]2COC[C@H]2Cc2cc(C)no2)cc1. The van der Waals surface area contributed by atoms with Crippen LogP contribution in [0.4, 0.5) is 0 Å². The lowest BCUT2D eigenvalue weighted by Crippen LogP contribution is -2.41. The largest absolute Gasteiger partial charge is 0.497 e. The Morgan fingerprint density at radius 1 is 1.03 bits per heavy atom. The number of nitrogens with zero attached hydrogens (tertiary/aromatic N) is 2. The number of ether oxygens (including phenoxy) is 2. The molecule has 158 valence electrons. The fraction of sp³-hybridized carbons (Fsp3) is 0.400. The van der Waals surface area contributed by atoms with Crippen LogP contribution in [-0.2, 0) is 24.1 Å². The van der Waals surface area contributed by atoms with Crippen LogP contribution in [0.25, 0.3) is 0 Å². The van der Waals surface area contributed by atoms with Crippen molar-refractivity contribution in [1.29, 1.82) is 0 Å². The lowest BCUT2D eigenvalue weighted by Gasteiger charge is -2.32. The van der Waals surface area contributed by atoms with Crippen LogP contribution in [0.5, 0.6) is 5.75 Å². The maximum Gasteiger partial charge on any atom is 0.137 e. The molecule has 0 aliphatic carbocycles. The van der Waals surface area contributed by atoms with Crippen LogP contribution in [0, 0.1) is 12.8 Å². The second-order valence-corrected chi connectivity index (χ2v) is 8.06.